The van der Waals surface area contributed by atoms with Crippen LogP contribution in [0.4, 0.5) is 10.7 Å². The number of fused-ring (bicyclic) bond motifs is 1. The van der Waals surface area contributed by atoms with Crippen molar-refractivity contribution in [1.29, 1.82) is 0 Å². The number of thiophene rings is 1. The van der Waals surface area contributed by atoms with Crippen molar-refractivity contribution in [2.75, 3.05) is 23.7 Å². The molecular weight excluding hydrogens is 776 g/mol. The minimum Gasteiger partial charge on any atom is -0.481 e. The van der Waals surface area contributed by atoms with Gasteiger partial charge in [-0.05, 0) is 131 Å². The van der Waals surface area contributed by atoms with Gasteiger partial charge >= 0.3 is 11.9 Å². The van der Waals surface area contributed by atoms with Gasteiger partial charge in [-0.2, -0.15) is 0 Å². The molecule has 0 saturated carbocycles. The fraction of sp³-hybridized carbons (Fsp3) is 0.400. The summed E-state index contributed by atoms with van der Waals surface area (Å²) in [6.45, 7) is 9.95. The van der Waals surface area contributed by atoms with Crippen molar-refractivity contribution in [2.24, 2.45) is 0 Å². The SMILES string of the molecule is CC(C)N(CCCN(C(=O)CCC(=O)O)C(C)C)Cc1cccc(C(=O)Nc2sc3c(c2C(=O)Nc2ccc(CCc4ccc(C(=O)O)cc4)cc2)CCCC3)c1.Cl. The van der Waals surface area contributed by atoms with Gasteiger partial charge in [0, 0.05) is 54.3 Å². The molecule has 4 N–H and O–H groups in total. The molecule has 13 heteroatoms. The zero-order valence-electron chi connectivity index (χ0n) is 33.7. The van der Waals surface area contributed by atoms with E-state index in [2.05, 4.69) is 29.4 Å². The smallest absolute Gasteiger partial charge is 0.335 e. The van der Waals surface area contributed by atoms with Crippen molar-refractivity contribution in [1.82, 2.24) is 9.80 Å². The lowest BCUT2D eigenvalue weighted by Crippen LogP contribution is -2.40. The van der Waals surface area contributed by atoms with Crippen molar-refractivity contribution in [3.63, 3.8) is 0 Å². The lowest BCUT2D eigenvalue weighted by Gasteiger charge is -2.30. The van der Waals surface area contributed by atoms with E-state index in [1.165, 1.54) is 11.3 Å². The number of aryl methyl sites for hydroxylation is 3. The van der Waals surface area contributed by atoms with Crippen LogP contribution in [0.25, 0.3) is 0 Å². The van der Waals surface area contributed by atoms with Crippen LogP contribution in [0.1, 0.15) is 118 Å². The Labute approximate surface area is 351 Å². The number of halogens is 1. The molecule has 0 bridgehead atoms. The van der Waals surface area contributed by atoms with Crippen LogP contribution in [-0.2, 0) is 41.8 Å². The number of anilines is 2. The third kappa shape index (κ3) is 12.7. The van der Waals surface area contributed by atoms with Crippen molar-refractivity contribution in [2.45, 2.75) is 104 Å². The van der Waals surface area contributed by atoms with Crippen LogP contribution in [0.2, 0.25) is 0 Å². The first-order valence-corrected chi connectivity index (χ1v) is 20.6. The number of benzene rings is 3. The highest BCUT2D eigenvalue weighted by Gasteiger charge is 2.27. The van der Waals surface area contributed by atoms with Gasteiger partial charge in [0.2, 0.25) is 5.91 Å². The molecule has 1 aliphatic carbocycles. The lowest BCUT2D eigenvalue weighted by atomic mass is 9.95. The van der Waals surface area contributed by atoms with Crippen molar-refractivity contribution < 1.29 is 34.2 Å². The lowest BCUT2D eigenvalue weighted by molar-refractivity contribution is -0.141. The van der Waals surface area contributed by atoms with E-state index < -0.39 is 11.9 Å². The summed E-state index contributed by atoms with van der Waals surface area (Å²) in [7, 11) is 0. The summed E-state index contributed by atoms with van der Waals surface area (Å²) in [5.74, 6) is -2.61. The number of hydrogen-bond acceptors (Lipinski definition) is 7. The Kier molecular flexibility index (Phi) is 17.0. The fourth-order valence-electron chi connectivity index (χ4n) is 7.16. The minimum absolute atomic E-state index is 0. The summed E-state index contributed by atoms with van der Waals surface area (Å²) in [5, 5.41) is 24.9. The summed E-state index contributed by atoms with van der Waals surface area (Å²) in [4.78, 5) is 67.7. The Morgan fingerprint density at radius 3 is 2.00 bits per heavy atom. The van der Waals surface area contributed by atoms with Crippen LogP contribution < -0.4 is 10.6 Å². The second-order valence-corrected chi connectivity index (χ2v) is 16.3. The van der Waals surface area contributed by atoms with Gasteiger partial charge in [0.15, 0.2) is 0 Å². The molecule has 11 nitrogen and oxygen atoms in total. The number of aliphatic carboxylic acids is 1. The fourth-order valence-corrected chi connectivity index (χ4v) is 8.44. The molecule has 310 valence electrons. The number of carboxylic acids is 2. The number of rotatable bonds is 19. The molecule has 58 heavy (non-hydrogen) atoms. The maximum absolute atomic E-state index is 13.9. The van der Waals surface area contributed by atoms with Gasteiger partial charge in [-0.25, -0.2) is 4.79 Å². The molecule has 0 aliphatic heterocycles. The molecule has 0 radical (unpaired) electrons. The first-order valence-electron chi connectivity index (χ1n) is 19.8. The number of carboxylic acid groups (broad SMARTS) is 2. The second-order valence-electron chi connectivity index (χ2n) is 15.2. The Hall–Kier alpha value is -5.04. The first kappa shape index (κ1) is 45.7. The summed E-state index contributed by atoms with van der Waals surface area (Å²) in [6.07, 6.45) is 5.73. The Balaban J connectivity index is 0.00000744. The summed E-state index contributed by atoms with van der Waals surface area (Å²) >= 11 is 1.48. The van der Waals surface area contributed by atoms with Gasteiger partial charge in [0.1, 0.15) is 5.00 Å². The zero-order chi connectivity index (χ0) is 41.1. The van der Waals surface area contributed by atoms with E-state index in [9.17, 15) is 24.0 Å². The standard InChI is InChI=1S/C45H54N4O7S.ClH/c1-29(2)48(25-8-26-49(30(3)4)39(50)23-24-40(51)52)28-33-9-7-10-35(27-33)42(53)47-44-41(37-11-5-6-12-38(37)57-44)43(54)46-36-21-17-32(18-22-36)14-13-31-15-19-34(20-16-31)45(55)56;/h7,9-10,15-22,27,29-30H,5-6,8,11-14,23-26,28H2,1-4H3,(H,46,54)(H,47,53)(H,51,52)(H,55,56);1H. The predicted molar refractivity (Wildman–Crippen MR) is 232 cm³/mol. The number of aromatic carboxylic acids is 1. The van der Waals surface area contributed by atoms with Crippen LogP contribution >= 0.6 is 23.7 Å². The number of hydrogen-bond donors (Lipinski definition) is 4. The van der Waals surface area contributed by atoms with E-state index in [0.29, 0.717) is 34.9 Å². The third-order valence-electron chi connectivity index (χ3n) is 10.4. The normalized spacial score (nSPS) is 12.2. The van der Waals surface area contributed by atoms with Crippen LogP contribution in [-0.4, -0.2) is 74.8 Å². The third-order valence-corrected chi connectivity index (χ3v) is 11.6. The number of nitrogens with zero attached hydrogens (tertiary/aromatic N) is 2. The summed E-state index contributed by atoms with van der Waals surface area (Å²) in [5.41, 5.74) is 6.06. The molecule has 1 aliphatic rings. The first-order chi connectivity index (χ1) is 27.3. The summed E-state index contributed by atoms with van der Waals surface area (Å²) in [6, 6.07) is 22.3. The highest BCUT2D eigenvalue weighted by atomic mass is 35.5. The molecule has 1 heterocycles. The monoisotopic (exact) mass is 830 g/mol. The number of carbonyl (C=O) groups excluding carboxylic acids is 3. The Morgan fingerprint density at radius 1 is 0.724 bits per heavy atom. The average molecular weight is 831 g/mol. The zero-order valence-corrected chi connectivity index (χ0v) is 35.3. The molecule has 0 unspecified atom stereocenters. The molecule has 0 atom stereocenters. The maximum Gasteiger partial charge on any atom is 0.335 e. The number of amides is 3. The van der Waals surface area contributed by atoms with Gasteiger partial charge in [-0.1, -0.05) is 36.4 Å². The molecular formula is C45H55ClN4O7S. The summed E-state index contributed by atoms with van der Waals surface area (Å²) < 4.78 is 0. The molecule has 4 aromatic rings. The maximum atomic E-state index is 13.9. The quantitative estimate of drug-likeness (QED) is 0.0731. The largest absolute Gasteiger partial charge is 0.481 e. The van der Waals surface area contributed by atoms with Gasteiger partial charge in [0.25, 0.3) is 11.8 Å². The molecule has 3 aromatic carbocycles. The molecule has 0 saturated heterocycles. The van der Waals surface area contributed by atoms with E-state index in [-0.39, 0.29) is 60.6 Å². The van der Waals surface area contributed by atoms with E-state index in [4.69, 9.17) is 10.2 Å². The predicted octanol–water partition coefficient (Wildman–Crippen LogP) is 8.74. The highest BCUT2D eigenvalue weighted by Crippen LogP contribution is 2.39. The molecule has 0 fully saturated rings. The number of nitrogens with one attached hydrogen (secondary N) is 2. The topological polar surface area (TPSA) is 156 Å². The van der Waals surface area contributed by atoms with Crippen LogP contribution in [0.15, 0.2) is 72.8 Å². The van der Waals surface area contributed by atoms with E-state index >= 15 is 0 Å². The highest BCUT2D eigenvalue weighted by molar-refractivity contribution is 7.17. The number of carbonyl (C=O) groups is 5. The molecule has 0 spiro atoms. The van der Waals surface area contributed by atoms with Crippen LogP contribution in [0.5, 0.6) is 0 Å². The minimum atomic E-state index is -0.981. The molecule has 3 amide bonds. The van der Waals surface area contributed by atoms with Gasteiger partial charge in [-0.15, -0.1) is 23.7 Å². The van der Waals surface area contributed by atoms with Crippen molar-refractivity contribution in [3.8, 4) is 0 Å². The second kappa shape index (κ2) is 21.6. The van der Waals surface area contributed by atoms with Gasteiger partial charge < -0.3 is 25.7 Å². The van der Waals surface area contributed by atoms with E-state index in [1.807, 2.05) is 68.4 Å². The van der Waals surface area contributed by atoms with Crippen LogP contribution in [0.3, 0.4) is 0 Å². The van der Waals surface area contributed by atoms with E-state index in [0.717, 1.165) is 78.6 Å². The van der Waals surface area contributed by atoms with Gasteiger partial charge in [-0.3, -0.25) is 24.1 Å². The van der Waals surface area contributed by atoms with Gasteiger partial charge in [0.05, 0.1) is 17.5 Å². The molecule has 5 rings (SSSR count). The average Bonchev–Trinajstić information content (AvgIpc) is 3.55. The van der Waals surface area contributed by atoms with E-state index in [1.54, 1.807) is 23.1 Å². The Bertz CT molecular complexity index is 2050. The molecule has 1 aromatic heterocycles. The van der Waals surface area contributed by atoms with Crippen molar-refractivity contribution in [3.05, 3.63) is 117 Å². The van der Waals surface area contributed by atoms with Crippen LogP contribution in [0, 0.1) is 0 Å². The Morgan fingerprint density at radius 2 is 1.38 bits per heavy atom. The van der Waals surface area contributed by atoms with Crippen molar-refractivity contribution >= 4 is 64.1 Å².